The van der Waals surface area contributed by atoms with Crippen LogP contribution in [0, 0.1) is 0 Å². The number of aromatic nitrogens is 3. The molecule has 5 nitrogen and oxygen atoms in total. The molecule has 0 saturated heterocycles. The third kappa shape index (κ3) is 2.88. The van der Waals surface area contributed by atoms with Gasteiger partial charge >= 0.3 is 6.36 Å². The normalized spacial score (nSPS) is 11.8. The highest BCUT2D eigenvalue weighted by atomic mass is 19.4. The number of alkyl halides is 3. The lowest BCUT2D eigenvalue weighted by molar-refractivity contribution is -0.274. The van der Waals surface area contributed by atoms with E-state index < -0.39 is 6.36 Å². The second kappa shape index (κ2) is 4.65. The number of ether oxygens (including phenoxy) is 1. The Labute approximate surface area is 116 Å². The number of nitrogen functional groups attached to an aromatic ring is 1. The van der Waals surface area contributed by atoms with Gasteiger partial charge in [-0.25, -0.2) is 9.50 Å². The zero-order valence-corrected chi connectivity index (χ0v) is 10.5. The quantitative estimate of drug-likeness (QED) is 0.789. The molecule has 8 heteroatoms. The maximum Gasteiger partial charge on any atom is 0.573 e. The molecule has 3 aromatic rings. The predicted molar refractivity (Wildman–Crippen MR) is 69.5 cm³/mol. The van der Waals surface area contributed by atoms with E-state index in [1.165, 1.54) is 22.7 Å². The minimum atomic E-state index is -4.73. The van der Waals surface area contributed by atoms with E-state index in [-0.39, 0.29) is 5.75 Å². The standard InChI is InChI=1S/C13H9F3N4O/c14-13(15,16)21-9-3-1-2-8(6-9)10-7-20-12(18-10)5-4-11(17)19-20/h1-7H,(H2,17,19). The summed E-state index contributed by atoms with van der Waals surface area (Å²) < 4.78 is 42.0. The number of imidazole rings is 1. The zero-order chi connectivity index (χ0) is 15.0. The second-order valence-electron chi connectivity index (χ2n) is 4.26. The van der Waals surface area contributed by atoms with Crippen LogP contribution in [0.3, 0.4) is 0 Å². The Kier molecular flexibility index (Phi) is 2.93. The van der Waals surface area contributed by atoms with Crippen LogP contribution in [0.25, 0.3) is 16.9 Å². The van der Waals surface area contributed by atoms with Crippen molar-refractivity contribution in [2.45, 2.75) is 6.36 Å². The lowest BCUT2D eigenvalue weighted by Gasteiger charge is -2.09. The fraction of sp³-hybridized carbons (Fsp3) is 0.0769. The van der Waals surface area contributed by atoms with Crippen molar-refractivity contribution in [3.05, 3.63) is 42.6 Å². The van der Waals surface area contributed by atoms with Crippen LogP contribution in [0.15, 0.2) is 42.6 Å². The lowest BCUT2D eigenvalue weighted by Crippen LogP contribution is -2.17. The molecule has 2 heterocycles. The number of halogens is 3. The van der Waals surface area contributed by atoms with Gasteiger partial charge in [-0.3, -0.25) is 0 Å². The maximum atomic E-state index is 12.2. The molecule has 0 saturated carbocycles. The first kappa shape index (κ1) is 13.2. The van der Waals surface area contributed by atoms with E-state index >= 15 is 0 Å². The van der Waals surface area contributed by atoms with Gasteiger partial charge in [-0.2, -0.15) is 0 Å². The maximum absolute atomic E-state index is 12.2. The third-order valence-corrected chi connectivity index (χ3v) is 2.70. The van der Waals surface area contributed by atoms with E-state index in [1.54, 1.807) is 24.4 Å². The fourth-order valence-corrected chi connectivity index (χ4v) is 1.89. The average Bonchev–Trinajstić information content (AvgIpc) is 2.80. The highest BCUT2D eigenvalue weighted by Gasteiger charge is 2.31. The van der Waals surface area contributed by atoms with Crippen LogP contribution < -0.4 is 10.5 Å². The van der Waals surface area contributed by atoms with E-state index in [2.05, 4.69) is 14.8 Å². The van der Waals surface area contributed by atoms with Gasteiger partial charge in [0.05, 0.1) is 11.9 Å². The molecule has 0 aliphatic rings. The second-order valence-corrected chi connectivity index (χ2v) is 4.26. The molecule has 1 aromatic carbocycles. The van der Waals surface area contributed by atoms with Gasteiger partial charge in [0.15, 0.2) is 5.65 Å². The van der Waals surface area contributed by atoms with E-state index in [1.807, 2.05) is 0 Å². The molecule has 0 radical (unpaired) electrons. The van der Waals surface area contributed by atoms with E-state index in [9.17, 15) is 13.2 Å². The Balaban J connectivity index is 2.00. The molecule has 21 heavy (non-hydrogen) atoms. The largest absolute Gasteiger partial charge is 0.573 e. The molecule has 0 amide bonds. The lowest BCUT2D eigenvalue weighted by atomic mass is 10.1. The molecule has 2 N–H and O–H groups in total. The first-order chi connectivity index (χ1) is 9.90. The van der Waals surface area contributed by atoms with Crippen molar-refractivity contribution in [2.75, 3.05) is 5.73 Å². The molecule has 0 aliphatic heterocycles. The minimum absolute atomic E-state index is 0.301. The summed E-state index contributed by atoms with van der Waals surface area (Å²) in [6, 6.07) is 8.84. The Bertz CT molecular complexity index is 797. The van der Waals surface area contributed by atoms with Gasteiger partial charge in [-0.1, -0.05) is 12.1 Å². The summed E-state index contributed by atoms with van der Waals surface area (Å²) in [4.78, 5) is 4.27. The minimum Gasteiger partial charge on any atom is -0.406 e. The van der Waals surface area contributed by atoms with Crippen LogP contribution >= 0.6 is 0 Å². The summed E-state index contributed by atoms with van der Waals surface area (Å²) >= 11 is 0. The number of anilines is 1. The molecule has 0 fully saturated rings. The molecule has 108 valence electrons. The van der Waals surface area contributed by atoms with Crippen molar-refractivity contribution < 1.29 is 17.9 Å². The highest BCUT2D eigenvalue weighted by Crippen LogP contribution is 2.27. The van der Waals surface area contributed by atoms with Crippen molar-refractivity contribution >= 4 is 11.5 Å². The summed E-state index contributed by atoms with van der Waals surface area (Å²) in [7, 11) is 0. The van der Waals surface area contributed by atoms with E-state index in [0.29, 0.717) is 22.7 Å². The van der Waals surface area contributed by atoms with Gasteiger partial charge < -0.3 is 10.5 Å². The van der Waals surface area contributed by atoms with Crippen LogP contribution in [0.2, 0.25) is 0 Å². The Hall–Kier alpha value is -2.77. The summed E-state index contributed by atoms with van der Waals surface area (Å²) in [5.74, 6) is 0.0186. The van der Waals surface area contributed by atoms with Gasteiger partial charge in [0.1, 0.15) is 11.6 Å². The molecule has 3 rings (SSSR count). The molecule has 0 bridgehead atoms. The smallest absolute Gasteiger partial charge is 0.406 e. The van der Waals surface area contributed by atoms with Crippen LogP contribution in [0.5, 0.6) is 5.75 Å². The Morgan fingerprint density at radius 1 is 1.14 bits per heavy atom. The SMILES string of the molecule is Nc1ccc2nc(-c3cccc(OC(F)(F)F)c3)cn2n1. The van der Waals surface area contributed by atoms with Crippen LogP contribution in [-0.4, -0.2) is 21.0 Å². The van der Waals surface area contributed by atoms with Gasteiger partial charge in [0, 0.05) is 5.56 Å². The monoisotopic (exact) mass is 294 g/mol. The van der Waals surface area contributed by atoms with Gasteiger partial charge in [0.25, 0.3) is 0 Å². The topological polar surface area (TPSA) is 65.4 Å². The third-order valence-electron chi connectivity index (χ3n) is 2.70. The van der Waals surface area contributed by atoms with Gasteiger partial charge in [-0.15, -0.1) is 18.3 Å². The first-order valence-electron chi connectivity index (χ1n) is 5.89. The van der Waals surface area contributed by atoms with Gasteiger partial charge in [-0.05, 0) is 24.3 Å². The number of nitrogens with two attached hydrogens (primary N) is 1. The van der Waals surface area contributed by atoms with Crippen LogP contribution in [0.1, 0.15) is 0 Å². The number of rotatable bonds is 2. The number of hydrogen-bond acceptors (Lipinski definition) is 4. The van der Waals surface area contributed by atoms with E-state index in [0.717, 1.165) is 0 Å². The van der Waals surface area contributed by atoms with E-state index in [4.69, 9.17) is 5.73 Å². The summed E-state index contributed by atoms with van der Waals surface area (Å²) in [6.07, 6.45) is -3.15. The van der Waals surface area contributed by atoms with Crippen molar-refractivity contribution in [2.24, 2.45) is 0 Å². The number of hydrogen-bond donors (Lipinski definition) is 1. The molecular weight excluding hydrogens is 285 g/mol. The molecule has 0 unspecified atom stereocenters. The van der Waals surface area contributed by atoms with Gasteiger partial charge in [0.2, 0.25) is 0 Å². The predicted octanol–water partition coefficient (Wildman–Crippen LogP) is 2.88. The van der Waals surface area contributed by atoms with Crippen molar-refractivity contribution in [3.8, 4) is 17.0 Å². The molecule has 0 aliphatic carbocycles. The molecule has 2 aromatic heterocycles. The average molecular weight is 294 g/mol. The zero-order valence-electron chi connectivity index (χ0n) is 10.5. The summed E-state index contributed by atoms with van der Waals surface area (Å²) in [5, 5.41) is 4.02. The Morgan fingerprint density at radius 2 is 1.95 bits per heavy atom. The van der Waals surface area contributed by atoms with Crippen LogP contribution in [0.4, 0.5) is 19.0 Å². The molecule has 0 atom stereocenters. The number of benzene rings is 1. The van der Waals surface area contributed by atoms with Crippen LogP contribution in [-0.2, 0) is 0 Å². The van der Waals surface area contributed by atoms with Crippen molar-refractivity contribution in [3.63, 3.8) is 0 Å². The highest BCUT2D eigenvalue weighted by molar-refractivity contribution is 5.64. The Morgan fingerprint density at radius 3 is 2.71 bits per heavy atom. The summed E-state index contributed by atoms with van der Waals surface area (Å²) in [6.45, 7) is 0. The van der Waals surface area contributed by atoms with Crippen molar-refractivity contribution in [1.29, 1.82) is 0 Å². The molecule has 0 spiro atoms. The van der Waals surface area contributed by atoms with Crippen molar-refractivity contribution in [1.82, 2.24) is 14.6 Å². The first-order valence-corrected chi connectivity index (χ1v) is 5.89. The number of fused-ring (bicyclic) bond motifs is 1. The molecular formula is C13H9F3N4O. The number of nitrogens with zero attached hydrogens (tertiary/aromatic N) is 3. The fourth-order valence-electron chi connectivity index (χ4n) is 1.89. The summed E-state index contributed by atoms with van der Waals surface area (Å²) in [5.41, 5.74) is 7.06.